The van der Waals surface area contributed by atoms with Crippen LogP contribution in [0.1, 0.15) is 6.92 Å². The largest absolute Gasteiger partial charge is 0.465 e. The first-order valence-electron chi connectivity index (χ1n) is 4.72. The third kappa shape index (κ3) is 2.56. The average Bonchev–Trinajstić information content (AvgIpc) is 2.50. The van der Waals surface area contributed by atoms with Crippen molar-refractivity contribution in [1.29, 1.82) is 0 Å². The third-order valence-corrected chi connectivity index (χ3v) is 2.62. The summed E-state index contributed by atoms with van der Waals surface area (Å²) in [7, 11) is 0. The van der Waals surface area contributed by atoms with Gasteiger partial charge in [-0.05, 0) is 6.92 Å². The maximum atomic E-state index is 12.4. The number of nitrogens with zero attached hydrogens (tertiary/aromatic N) is 1. The van der Waals surface area contributed by atoms with E-state index in [1.807, 2.05) is 0 Å². The number of nitrogens with one attached hydrogen (secondary N) is 1. The molecule has 0 unspecified atom stereocenters. The highest BCUT2D eigenvalue weighted by molar-refractivity contribution is 5.66. The van der Waals surface area contributed by atoms with Crippen molar-refractivity contribution in [2.24, 2.45) is 0 Å². The second-order valence-corrected chi connectivity index (χ2v) is 3.70. The van der Waals surface area contributed by atoms with Crippen molar-refractivity contribution in [3.05, 3.63) is 0 Å². The van der Waals surface area contributed by atoms with E-state index in [0.717, 1.165) is 6.92 Å². The maximum absolute atomic E-state index is 12.4. The SMILES string of the molecule is C[C@H](N(C(=O)O)[C@@H]1CNC[C@H]1O)C(F)(F)F. The molecule has 0 aliphatic carbocycles. The lowest BCUT2D eigenvalue weighted by molar-refractivity contribution is -0.180. The number of halogens is 3. The fourth-order valence-electron chi connectivity index (χ4n) is 1.69. The van der Waals surface area contributed by atoms with Gasteiger partial charge in [0.05, 0.1) is 12.1 Å². The topological polar surface area (TPSA) is 72.8 Å². The molecule has 1 heterocycles. The summed E-state index contributed by atoms with van der Waals surface area (Å²) in [6, 6.07) is -3.20. The lowest BCUT2D eigenvalue weighted by Gasteiger charge is -2.34. The summed E-state index contributed by atoms with van der Waals surface area (Å²) < 4.78 is 37.3. The maximum Gasteiger partial charge on any atom is 0.408 e. The van der Waals surface area contributed by atoms with Crippen molar-refractivity contribution >= 4 is 6.09 Å². The van der Waals surface area contributed by atoms with E-state index in [9.17, 15) is 23.1 Å². The van der Waals surface area contributed by atoms with Crippen LogP contribution in [0, 0.1) is 0 Å². The van der Waals surface area contributed by atoms with Crippen LogP contribution in [0.3, 0.4) is 0 Å². The number of hydrogen-bond donors (Lipinski definition) is 3. The number of β-amino-alcohol motifs (C(OH)–C–C–N with tert-alkyl or cyclic N) is 1. The van der Waals surface area contributed by atoms with Gasteiger partial charge in [0.25, 0.3) is 0 Å². The van der Waals surface area contributed by atoms with E-state index in [1.54, 1.807) is 0 Å². The zero-order valence-electron chi connectivity index (χ0n) is 8.53. The monoisotopic (exact) mass is 242 g/mol. The Bertz CT molecular complexity index is 270. The van der Waals surface area contributed by atoms with Gasteiger partial charge in [0.15, 0.2) is 0 Å². The molecule has 0 bridgehead atoms. The smallest absolute Gasteiger partial charge is 0.408 e. The van der Waals surface area contributed by atoms with Crippen molar-refractivity contribution in [2.75, 3.05) is 13.1 Å². The first kappa shape index (κ1) is 13.0. The van der Waals surface area contributed by atoms with Crippen molar-refractivity contribution in [2.45, 2.75) is 31.3 Å². The number of amides is 1. The molecule has 1 rings (SSSR count). The highest BCUT2D eigenvalue weighted by Crippen LogP contribution is 2.27. The number of carboxylic acid groups (broad SMARTS) is 1. The zero-order chi connectivity index (χ0) is 12.5. The summed E-state index contributed by atoms with van der Waals surface area (Å²) in [6.45, 7) is 0.881. The molecule has 0 aromatic heterocycles. The summed E-state index contributed by atoms with van der Waals surface area (Å²) in [5.74, 6) is 0. The van der Waals surface area contributed by atoms with Gasteiger partial charge < -0.3 is 15.5 Å². The molecule has 16 heavy (non-hydrogen) atoms. The Balaban J connectivity index is 2.87. The Morgan fingerprint density at radius 3 is 2.38 bits per heavy atom. The lowest BCUT2D eigenvalue weighted by Crippen LogP contribution is -2.55. The number of aliphatic hydroxyl groups excluding tert-OH is 1. The van der Waals surface area contributed by atoms with Gasteiger partial charge in [-0.1, -0.05) is 0 Å². The van der Waals surface area contributed by atoms with Crippen LogP contribution in [-0.4, -0.2) is 58.7 Å². The van der Waals surface area contributed by atoms with E-state index >= 15 is 0 Å². The zero-order valence-corrected chi connectivity index (χ0v) is 8.53. The van der Waals surface area contributed by atoms with Crippen LogP contribution in [0.4, 0.5) is 18.0 Å². The van der Waals surface area contributed by atoms with E-state index in [0.29, 0.717) is 0 Å². The summed E-state index contributed by atoms with van der Waals surface area (Å²) in [5, 5.41) is 20.8. The van der Waals surface area contributed by atoms with E-state index in [-0.39, 0.29) is 18.0 Å². The normalized spacial score (nSPS) is 27.8. The van der Waals surface area contributed by atoms with Crippen LogP contribution >= 0.6 is 0 Å². The predicted molar refractivity (Wildman–Crippen MR) is 48.0 cm³/mol. The van der Waals surface area contributed by atoms with Crippen molar-refractivity contribution in [1.82, 2.24) is 10.2 Å². The molecule has 1 aliphatic rings. The Morgan fingerprint density at radius 1 is 1.50 bits per heavy atom. The summed E-state index contributed by atoms with van der Waals surface area (Å²) in [4.78, 5) is 11.1. The molecule has 8 heteroatoms. The Labute approximate surface area is 89.8 Å². The quantitative estimate of drug-likeness (QED) is 0.649. The van der Waals surface area contributed by atoms with E-state index in [2.05, 4.69) is 5.32 Å². The molecule has 3 N–H and O–H groups in total. The molecule has 0 aromatic rings. The van der Waals surface area contributed by atoms with Gasteiger partial charge in [-0.3, -0.25) is 4.90 Å². The van der Waals surface area contributed by atoms with Crippen LogP contribution in [0.5, 0.6) is 0 Å². The fraction of sp³-hybridized carbons (Fsp3) is 0.875. The van der Waals surface area contributed by atoms with E-state index < -0.39 is 30.5 Å². The minimum atomic E-state index is -4.64. The van der Waals surface area contributed by atoms with Gasteiger partial charge in [-0.2, -0.15) is 13.2 Å². The predicted octanol–water partition coefficient (Wildman–Crippen LogP) is 0.250. The van der Waals surface area contributed by atoms with Crippen molar-refractivity contribution in [3.8, 4) is 0 Å². The van der Waals surface area contributed by atoms with Gasteiger partial charge in [-0.25, -0.2) is 4.79 Å². The highest BCUT2D eigenvalue weighted by Gasteiger charge is 2.47. The van der Waals surface area contributed by atoms with Gasteiger partial charge >= 0.3 is 12.3 Å². The van der Waals surface area contributed by atoms with Crippen LogP contribution < -0.4 is 5.32 Å². The van der Waals surface area contributed by atoms with Gasteiger partial charge in [-0.15, -0.1) is 0 Å². The molecule has 3 atom stereocenters. The molecule has 1 amide bonds. The minimum absolute atomic E-state index is 0.0217. The number of rotatable bonds is 2. The molecule has 0 aromatic carbocycles. The molecule has 1 aliphatic heterocycles. The van der Waals surface area contributed by atoms with Crippen molar-refractivity contribution in [3.63, 3.8) is 0 Å². The molecular weight excluding hydrogens is 229 g/mol. The van der Waals surface area contributed by atoms with Crippen LogP contribution in [-0.2, 0) is 0 Å². The molecule has 0 saturated carbocycles. The van der Waals surface area contributed by atoms with Gasteiger partial charge in [0, 0.05) is 13.1 Å². The molecule has 0 radical (unpaired) electrons. The standard InChI is InChI=1S/C8H13F3N2O3/c1-4(8(9,10)11)13(7(15)16)5-2-12-3-6(5)14/h4-6,12,14H,2-3H2,1H3,(H,15,16)/t4-,5+,6+/m0/s1. The van der Waals surface area contributed by atoms with Gasteiger partial charge in [0.2, 0.25) is 0 Å². The Morgan fingerprint density at radius 2 is 2.06 bits per heavy atom. The summed E-state index contributed by atoms with van der Waals surface area (Å²) in [5.41, 5.74) is 0. The first-order chi connectivity index (χ1) is 7.25. The van der Waals surface area contributed by atoms with Gasteiger partial charge in [0.1, 0.15) is 6.04 Å². The molecular formula is C8H13F3N2O3. The van der Waals surface area contributed by atoms with E-state index in [4.69, 9.17) is 5.11 Å². The number of alkyl halides is 3. The second kappa shape index (κ2) is 4.46. The van der Waals surface area contributed by atoms with Crippen LogP contribution in [0.25, 0.3) is 0 Å². The average molecular weight is 242 g/mol. The summed E-state index contributed by atoms with van der Waals surface area (Å²) in [6.07, 6.45) is -7.43. The highest BCUT2D eigenvalue weighted by atomic mass is 19.4. The third-order valence-electron chi connectivity index (χ3n) is 2.62. The fourth-order valence-corrected chi connectivity index (χ4v) is 1.69. The van der Waals surface area contributed by atoms with E-state index in [1.165, 1.54) is 0 Å². The second-order valence-electron chi connectivity index (χ2n) is 3.70. The molecule has 1 fully saturated rings. The molecule has 0 spiro atoms. The summed E-state index contributed by atoms with van der Waals surface area (Å²) >= 11 is 0. The minimum Gasteiger partial charge on any atom is -0.465 e. The molecule has 94 valence electrons. The number of hydrogen-bond acceptors (Lipinski definition) is 3. The Kier molecular flexibility index (Phi) is 3.64. The van der Waals surface area contributed by atoms with Crippen molar-refractivity contribution < 1.29 is 28.2 Å². The molecule has 1 saturated heterocycles. The molecule has 5 nitrogen and oxygen atoms in total. The Hall–Kier alpha value is -1.02. The number of carbonyl (C=O) groups is 1. The van der Waals surface area contributed by atoms with Crippen LogP contribution in [0.2, 0.25) is 0 Å². The lowest BCUT2D eigenvalue weighted by atomic mass is 10.1. The first-order valence-corrected chi connectivity index (χ1v) is 4.72. The van der Waals surface area contributed by atoms with Crippen LogP contribution in [0.15, 0.2) is 0 Å². The number of aliphatic hydroxyl groups is 1.